The molecule has 1 aromatic carbocycles. The number of carbonyl (C=O) groups is 2. The Morgan fingerprint density at radius 1 is 1.05 bits per heavy atom. The number of unbranched alkanes of at least 4 members (excludes halogenated alkanes) is 2. The highest BCUT2D eigenvalue weighted by Gasteiger charge is 2.16. The van der Waals surface area contributed by atoms with Crippen LogP contribution in [0.2, 0.25) is 0 Å². The van der Waals surface area contributed by atoms with E-state index in [2.05, 4.69) is 53.1 Å². The number of aryl methyl sites for hydroxylation is 4. The highest BCUT2D eigenvalue weighted by Crippen LogP contribution is 2.17. The van der Waals surface area contributed by atoms with Gasteiger partial charge in [0.2, 0.25) is 0 Å². The van der Waals surface area contributed by atoms with Gasteiger partial charge in [-0.2, -0.15) is 0 Å². The summed E-state index contributed by atoms with van der Waals surface area (Å²) in [6, 6.07) is 5.95. The minimum Gasteiger partial charge on any atom is -0.465 e. The second-order valence-corrected chi connectivity index (χ2v) is 11.5. The maximum atomic E-state index is 13.1. The van der Waals surface area contributed by atoms with E-state index in [0.29, 0.717) is 44.2 Å². The normalized spacial score (nSPS) is 13.8. The molecule has 1 aliphatic heterocycles. The third kappa shape index (κ3) is 9.54. The average Bonchev–Trinajstić information content (AvgIpc) is 3.40. The van der Waals surface area contributed by atoms with Gasteiger partial charge in [0.1, 0.15) is 5.69 Å². The van der Waals surface area contributed by atoms with E-state index in [9.17, 15) is 9.59 Å². The molecule has 1 amide bonds. The van der Waals surface area contributed by atoms with Crippen LogP contribution in [-0.2, 0) is 33.8 Å². The number of halogens is 1. The molecule has 11 nitrogen and oxygen atoms in total. The monoisotopic (exact) mass is 675 g/mol. The van der Waals surface area contributed by atoms with Crippen molar-refractivity contribution in [2.24, 2.45) is 0 Å². The fourth-order valence-electron chi connectivity index (χ4n) is 4.57. The second kappa shape index (κ2) is 15.3. The Bertz CT molecular complexity index is 1340. The van der Waals surface area contributed by atoms with Gasteiger partial charge in [-0.25, -0.2) is 4.68 Å². The number of nitrogens with zero attached hydrogens (tertiary/aromatic N) is 6. The van der Waals surface area contributed by atoms with E-state index in [-0.39, 0.29) is 18.4 Å². The van der Waals surface area contributed by atoms with Crippen molar-refractivity contribution >= 4 is 34.5 Å². The molecule has 0 aliphatic carbocycles. The zero-order valence-corrected chi connectivity index (χ0v) is 26.1. The first kappa shape index (κ1) is 31.0. The van der Waals surface area contributed by atoms with Crippen LogP contribution < -0.4 is 5.32 Å². The number of amides is 1. The van der Waals surface area contributed by atoms with Crippen molar-refractivity contribution in [1.82, 2.24) is 35.2 Å². The Hall–Kier alpha value is -2.97. The molecule has 41 heavy (non-hydrogen) atoms. The first-order chi connectivity index (χ1) is 19.8. The standard InChI is InChI=1S/C29H38IN7O4/c1-20-21(2)33-27(22(3)32-20)18-37-17-25(34-35-37)16-31-29(39)26-15-24(30)9-8-23(26)7-5-4-6-12-41-28(38)19-36-10-13-40-14-11-36/h8-9,15,17H,4-7,10-14,16,18-19H2,1-3H3,(H,31,39). The average molecular weight is 676 g/mol. The molecule has 1 aliphatic rings. The molecule has 3 heterocycles. The second-order valence-electron chi connectivity index (χ2n) is 10.2. The number of hydrogen-bond acceptors (Lipinski definition) is 9. The van der Waals surface area contributed by atoms with Crippen molar-refractivity contribution in [2.75, 3.05) is 39.5 Å². The number of morpholine rings is 1. The van der Waals surface area contributed by atoms with Gasteiger partial charge in [0.05, 0.1) is 68.4 Å². The Morgan fingerprint density at radius 3 is 2.63 bits per heavy atom. The summed E-state index contributed by atoms with van der Waals surface area (Å²) in [7, 11) is 0. The van der Waals surface area contributed by atoms with E-state index in [1.807, 2.05) is 45.2 Å². The molecule has 0 radical (unpaired) electrons. The van der Waals surface area contributed by atoms with E-state index >= 15 is 0 Å². The first-order valence-corrected chi connectivity index (χ1v) is 15.1. The van der Waals surface area contributed by atoms with Gasteiger partial charge in [-0.15, -0.1) is 5.10 Å². The van der Waals surface area contributed by atoms with Crippen LogP contribution in [0, 0.1) is 24.3 Å². The summed E-state index contributed by atoms with van der Waals surface area (Å²) in [5.74, 6) is -0.321. The van der Waals surface area contributed by atoms with Gasteiger partial charge >= 0.3 is 5.97 Å². The van der Waals surface area contributed by atoms with Crippen LogP contribution in [0.1, 0.15) is 63.7 Å². The molecular formula is C29H38IN7O4. The zero-order valence-electron chi connectivity index (χ0n) is 24.0. The van der Waals surface area contributed by atoms with Crippen LogP contribution in [0.4, 0.5) is 0 Å². The third-order valence-electron chi connectivity index (χ3n) is 7.03. The Labute approximate surface area is 254 Å². The maximum Gasteiger partial charge on any atom is 0.320 e. The lowest BCUT2D eigenvalue weighted by atomic mass is 10.0. The Kier molecular flexibility index (Phi) is 11.6. The van der Waals surface area contributed by atoms with Crippen LogP contribution >= 0.6 is 22.6 Å². The summed E-state index contributed by atoms with van der Waals surface area (Å²) in [4.78, 5) is 36.4. The molecule has 0 spiro atoms. The highest BCUT2D eigenvalue weighted by molar-refractivity contribution is 14.1. The number of esters is 1. The third-order valence-corrected chi connectivity index (χ3v) is 7.70. The Balaban J connectivity index is 1.21. The van der Waals surface area contributed by atoms with Crippen molar-refractivity contribution in [3.63, 3.8) is 0 Å². The number of benzene rings is 1. The summed E-state index contributed by atoms with van der Waals surface area (Å²) >= 11 is 2.22. The smallest absolute Gasteiger partial charge is 0.320 e. The van der Waals surface area contributed by atoms with Gasteiger partial charge in [0.25, 0.3) is 5.91 Å². The summed E-state index contributed by atoms with van der Waals surface area (Å²) in [6.45, 7) is 10.2. The van der Waals surface area contributed by atoms with Gasteiger partial charge in [-0.05, 0) is 86.7 Å². The van der Waals surface area contributed by atoms with Crippen molar-refractivity contribution in [1.29, 1.82) is 0 Å². The van der Waals surface area contributed by atoms with Gasteiger partial charge in [-0.1, -0.05) is 11.3 Å². The fourth-order valence-corrected chi connectivity index (χ4v) is 5.06. The van der Waals surface area contributed by atoms with Crippen molar-refractivity contribution in [3.05, 3.63) is 67.6 Å². The van der Waals surface area contributed by atoms with Crippen LogP contribution in [0.3, 0.4) is 0 Å². The fraction of sp³-hybridized carbons (Fsp3) is 0.517. The molecule has 3 aromatic rings. The number of carbonyl (C=O) groups excluding carboxylic acids is 2. The lowest BCUT2D eigenvalue weighted by molar-refractivity contribution is -0.146. The van der Waals surface area contributed by atoms with E-state index in [0.717, 1.165) is 70.7 Å². The maximum absolute atomic E-state index is 13.1. The zero-order chi connectivity index (χ0) is 29.2. The lowest BCUT2D eigenvalue weighted by Gasteiger charge is -2.25. The predicted octanol–water partition coefficient (Wildman–Crippen LogP) is 3.16. The van der Waals surface area contributed by atoms with Crippen LogP contribution in [0.15, 0.2) is 24.4 Å². The quantitative estimate of drug-likeness (QED) is 0.165. The molecule has 1 fully saturated rings. The summed E-state index contributed by atoms with van der Waals surface area (Å²) in [6.07, 6.45) is 5.19. The van der Waals surface area contributed by atoms with Crippen LogP contribution in [0.25, 0.3) is 0 Å². The Morgan fingerprint density at radius 2 is 1.83 bits per heavy atom. The van der Waals surface area contributed by atoms with E-state index < -0.39 is 0 Å². The molecule has 0 unspecified atom stereocenters. The van der Waals surface area contributed by atoms with Gasteiger partial charge in [0, 0.05) is 22.2 Å². The van der Waals surface area contributed by atoms with Crippen molar-refractivity contribution in [2.45, 2.75) is 59.5 Å². The van der Waals surface area contributed by atoms with E-state index in [1.54, 1.807) is 4.68 Å². The number of rotatable bonds is 13. The molecule has 4 rings (SSSR count). The van der Waals surface area contributed by atoms with E-state index in [4.69, 9.17) is 9.47 Å². The number of aromatic nitrogens is 5. The molecular weight excluding hydrogens is 637 g/mol. The van der Waals surface area contributed by atoms with E-state index in [1.165, 1.54) is 0 Å². The molecule has 0 bridgehead atoms. The number of nitrogens with one attached hydrogen (secondary N) is 1. The van der Waals surface area contributed by atoms with Gasteiger partial charge in [0.15, 0.2) is 0 Å². The molecule has 2 aromatic heterocycles. The molecule has 0 atom stereocenters. The van der Waals surface area contributed by atoms with Crippen LogP contribution in [-0.4, -0.2) is 81.2 Å². The van der Waals surface area contributed by atoms with Gasteiger partial charge in [-0.3, -0.25) is 24.5 Å². The topological polar surface area (TPSA) is 124 Å². The summed E-state index contributed by atoms with van der Waals surface area (Å²) in [5.41, 5.74) is 5.88. The summed E-state index contributed by atoms with van der Waals surface area (Å²) < 4.78 is 13.4. The minimum atomic E-state index is -0.183. The molecule has 1 N–H and O–H groups in total. The predicted molar refractivity (Wildman–Crippen MR) is 161 cm³/mol. The van der Waals surface area contributed by atoms with Gasteiger partial charge < -0.3 is 14.8 Å². The number of ether oxygens (including phenoxy) is 2. The SMILES string of the molecule is Cc1nc(C)c(Cn2cc(CNC(=O)c3cc(I)ccc3CCCCCOC(=O)CN3CCOCC3)nn2)nc1C. The molecule has 0 saturated carbocycles. The highest BCUT2D eigenvalue weighted by atomic mass is 127. The number of hydrogen-bond donors (Lipinski definition) is 1. The largest absolute Gasteiger partial charge is 0.465 e. The molecule has 12 heteroatoms. The van der Waals surface area contributed by atoms with Crippen LogP contribution in [0.5, 0.6) is 0 Å². The molecule has 1 saturated heterocycles. The van der Waals surface area contributed by atoms with Crippen molar-refractivity contribution < 1.29 is 19.1 Å². The summed E-state index contributed by atoms with van der Waals surface area (Å²) in [5, 5.41) is 11.4. The minimum absolute atomic E-state index is 0.138. The molecule has 220 valence electrons. The first-order valence-electron chi connectivity index (χ1n) is 14.0. The van der Waals surface area contributed by atoms with Crippen molar-refractivity contribution in [3.8, 4) is 0 Å². The lowest BCUT2D eigenvalue weighted by Crippen LogP contribution is -2.40.